The first-order valence-electron chi connectivity index (χ1n) is 4.30. The fraction of sp³-hybridized carbons (Fsp3) is 0.100. The molecule has 0 saturated carbocycles. The number of H-pyrrole nitrogens is 1. The summed E-state index contributed by atoms with van der Waals surface area (Å²) in [6.45, 7) is 0.376. The van der Waals surface area contributed by atoms with E-state index in [1.54, 1.807) is 24.4 Å². The third-order valence-corrected chi connectivity index (χ3v) is 1.98. The molecule has 0 amide bonds. The van der Waals surface area contributed by atoms with Gasteiger partial charge in [-0.15, -0.1) is 0 Å². The normalized spacial score (nSPS) is 10.4. The van der Waals surface area contributed by atoms with Crippen molar-refractivity contribution in [3.63, 3.8) is 0 Å². The van der Waals surface area contributed by atoms with Crippen LogP contribution in [0.1, 0.15) is 5.69 Å². The molecular weight excluding hydrogens is 181 g/mol. The number of nitrogens with two attached hydrogens (primary N) is 1. The van der Waals surface area contributed by atoms with E-state index in [4.69, 9.17) is 5.73 Å². The largest absolute Gasteiger partial charge is 0.341 e. The van der Waals surface area contributed by atoms with Crippen LogP contribution in [0.25, 0.3) is 11.4 Å². The van der Waals surface area contributed by atoms with Crippen molar-refractivity contribution in [1.29, 1.82) is 0 Å². The van der Waals surface area contributed by atoms with Gasteiger partial charge in [0.05, 0.1) is 5.56 Å². The van der Waals surface area contributed by atoms with Gasteiger partial charge < -0.3 is 10.7 Å². The Labute approximate surface area is 80.8 Å². The van der Waals surface area contributed by atoms with Gasteiger partial charge in [-0.2, -0.15) is 0 Å². The van der Waals surface area contributed by atoms with Crippen molar-refractivity contribution < 1.29 is 4.39 Å². The van der Waals surface area contributed by atoms with E-state index in [0.29, 0.717) is 17.9 Å². The van der Waals surface area contributed by atoms with Gasteiger partial charge in [0, 0.05) is 18.4 Å². The van der Waals surface area contributed by atoms with E-state index >= 15 is 0 Å². The minimum atomic E-state index is -0.287. The first-order chi connectivity index (χ1) is 6.81. The molecule has 0 unspecified atom stereocenters. The Bertz CT molecular complexity index is 436. The quantitative estimate of drug-likeness (QED) is 0.758. The standard InChI is InChI=1S/C10H10FN3/c11-9-4-2-1-3-8(9)10-13-6-7(5-12)14-10/h1-4,6H,5,12H2,(H,13,14). The number of halogens is 1. The second kappa shape index (κ2) is 3.59. The SMILES string of the molecule is NCc1cnc(-c2ccccc2F)[nH]1. The van der Waals surface area contributed by atoms with Gasteiger partial charge in [-0.1, -0.05) is 12.1 Å². The van der Waals surface area contributed by atoms with E-state index in [1.807, 2.05) is 0 Å². The number of hydrogen-bond acceptors (Lipinski definition) is 2. The lowest BCUT2D eigenvalue weighted by atomic mass is 10.2. The minimum absolute atomic E-state index is 0.287. The summed E-state index contributed by atoms with van der Waals surface area (Å²) < 4.78 is 13.3. The lowest BCUT2D eigenvalue weighted by Gasteiger charge is -1.97. The van der Waals surface area contributed by atoms with Gasteiger partial charge in [-0.25, -0.2) is 9.37 Å². The highest BCUT2D eigenvalue weighted by Gasteiger charge is 2.06. The maximum Gasteiger partial charge on any atom is 0.140 e. The molecule has 3 N–H and O–H groups in total. The van der Waals surface area contributed by atoms with E-state index in [-0.39, 0.29) is 5.82 Å². The van der Waals surface area contributed by atoms with Gasteiger partial charge in [-0.05, 0) is 12.1 Å². The van der Waals surface area contributed by atoms with Crippen molar-refractivity contribution in [2.24, 2.45) is 5.73 Å². The summed E-state index contributed by atoms with van der Waals surface area (Å²) in [5.74, 6) is 0.231. The Hall–Kier alpha value is -1.68. The van der Waals surface area contributed by atoms with Gasteiger partial charge in [0.25, 0.3) is 0 Å². The molecule has 2 rings (SSSR count). The van der Waals surface area contributed by atoms with Crippen molar-refractivity contribution in [2.45, 2.75) is 6.54 Å². The number of imidazole rings is 1. The summed E-state index contributed by atoms with van der Waals surface area (Å²) >= 11 is 0. The van der Waals surface area contributed by atoms with Crippen LogP contribution >= 0.6 is 0 Å². The molecule has 0 aliphatic rings. The fourth-order valence-electron chi connectivity index (χ4n) is 1.25. The molecule has 0 aliphatic carbocycles. The van der Waals surface area contributed by atoms with Crippen molar-refractivity contribution in [2.75, 3.05) is 0 Å². The van der Waals surface area contributed by atoms with Crippen LogP contribution in [0.3, 0.4) is 0 Å². The summed E-state index contributed by atoms with van der Waals surface area (Å²) in [6.07, 6.45) is 1.61. The van der Waals surface area contributed by atoms with E-state index in [2.05, 4.69) is 9.97 Å². The van der Waals surface area contributed by atoms with Crippen molar-refractivity contribution in [3.05, 3.63) is 42.0 Å². The van der Waals surface area contributed by atoms with Crippen molar-refractivity contribution in [1.82, 2.24) is 9.97 Å². The molecule has 1 heterocycles. The van der Waals surface area contributed by atoms with Crippen LogP contribution in [-0.4, -0.2) is 9.97 Å². The summed E-state index contributed by atoms with van der Waals surface area (Å²) in [6, 6.07) is 6.49. The summed E-state index contributed by atoms with van der Waals surface area (Å²) in [4.78, 5) is 6.99. The Morgan fingerprint density at radius 2 is 2.14 bits per heavy atom. The third kappa shape index (κ3) is 1.52. The Kier molecular flexibility index (Phi) is 2.28. The molecule has 4 heteroatoms. The fourth-order valence-corrected chi connectivity index (χ4v) is 1.25. The predicted molar refractivity (Wildman–Crippen MR) is 51.9 cm³/mol. The zero-order valence-corrected chi connectivity index (χ0v) is 7.50. The van der Waals surface area contributed by atoms with E-state index < -0.39 is 0 Å². The Balaban J connectivity index is 2.44. The van der Waals surface area contributed by atoms with Crippen LogP contribution in [0.15, 0.2) is 30.5 Å². The van der Waals surface area contributed by atoms with Crippen molar-refractivity contribution in [3.8, 4) is 11.4 Å². The number of benzene rings is 1. The molecule has 0 bridgehead atoms. The van der Waals surface area contributed by atoms with Gasteiger partial charge in [0.2, 0.25) is 0 Å². The molecule has 0 radical (unpaired) electrons. The first kappa shape index (κ1) is 8.90. The maximum absolute atomic E-state index is 13.3. The summed E-state index contributed by atoms with van der Waals surface area (Å²) in [7, 11) is 0. The molecule has 0 saturated heterocycles. The van der Waals surface area contributed by atoms with Crippen LogP contribution in [-0.2, 0) is 6.54 Å². The minimum Gasteiger partial charge on any atom is -0.341 e. The third-order valence-electron chi connectivity index (χ3n) is 1.98. The molecule has 0 spiro atoms. The van der Waals surface area contributed by atoms with Gasteiger partial charge in [0.1, 0.15) is 11.6 Å². The zero-order valence-electron chi connectivity index (χ0n) is 7.50. The Morgan fingerprint density at radius 1 is 1.36 bits per heavy atom. The van der Waals surface area contributed by atoms with Gasteiger partial charge >= 0.3 is 0 Å². The van der Waals surface area contributed by atoms with Crippen LogP contribution in [0.4, 0.5) is 4.39 Å². The molecule has 1 aromatic carbocycles. The number of rotatable bonds is 2. The molecular formula is C10H10FN3. The maximum atomic E-state index is 13.3. The smallest absolute Gasteiger partial charge is 0.140 e. The Morgan fingerprint density at radius 3 is 2.79 bits per heavy atom. The topological polar surface area (TPSA) is 54.7 Å². The average molecular weight is 191 g/mol. The van der Waals surface area contributed by atoms with Crippen LogP contribution in [0.5, 0.6) is 0 Å². The lowest BCUT2D eigenvalue weighted by molar-refractivity contribution is 0.630. The molecule has 0 aliphatic heterocycles. The van der Waals surface area contributed by atoms with Gasteiger partial charge in [-0.3, -0.25) is 0 Å². The van der Waals surface area contributed by atoms with Crippen molar-refractivity contribution >= 4 is 0 Å². The highest BCUT2D eigenvalue weighted by atomic mass is 19.1. The summed E-state index contributed by atoms with van der Waals surface area (Å²) in [5, 5.41) is 0. The zero-order chi connectivity index (χ0) is 9.97. The number of aromatic amines is 1. The number of aromatic nitrogens is 2. The average Bonchev–Trinajstić information content (AvgIpc) is 2.67. The molecule has 1 aromatic heterocycles. The van der Waals surface area contributed by atoms with E-state index in [9.17, 15) is 4.39 Å². The van der Waals surface area contributed by atoms with Crippen LogP contribution < -0.4 is 5.73 Å². The summed E-state index contributed by atoms with van der Waals surface area (Å²) in [5.41, 5.74) is 6.67. The highest BCUT2D eigenvalue weighted by Crippen LogP contribution is 2.18. The molecule has 72 valence electrons. The number of nitrogens with one attached hydrogen (secondary N) is 1. The molecule has 3 nitrogen and oxygen atoms in total. The molecule has 0 fully saturated rings. The molecule has 2 aromatic rings. The second-order valence-corrected chi connectivity index (χ2v) is 2.94. The second-order valence-electron chi connectivity index (χ2n) is 2.94. The molecule has 14 heavy (non-hydrogen) atoms. The van der Waals surface area contributed by atoms with Gasteiger partial charge in [0.15, 0.2) is 0 Å². The molecule has 0 atom stereocenters. The van der Waals surface area contributed by atoms with Crippen LogP contribution in [0.2, 0.25) is 0 Å². The van der Waals surface area contributed by atoms with E-state index in [0.717, 1.165) is 5.69 Å². The predicted octanol–water partition coefficient (Wildman–Crippen LogP) is 1.67. The lowest BCUT2D eigenvalue weighted by Crippen LogP contribution is -1.95. The van der Waals surface area contributed by atoms with Crippen LogP contribution in [0, 0.1) is 5.82 Å². The van der Waals surface area contributed by atoms with E-state index in [1.165, 1.54) is 6.07 Å². The number of nitrogens with zero attached hydrogens (tertiary/aromatic N) is 1. The number of hydrogen-bond donors (Lipinski definition) is 2. The first-order valence-corrected chi connectivity index (χ1v) is 4.30. The monoisotopic (exact) mass is 191 g/mol. The highest BCUT2D eigenvalue weighted by molar-refractivity contribution is 5.55.